The van der Waals surface area contributed by atoms with Crippen molar-refractivity contribution in [1.82, 2.24) is 0 Å². The van der Waals surface area contributed by atoms with E-state index in [-0.39, 0.29) is 13.0 Å². The van der Waals surface area contributed by atoms with E-state index in [1.54, 1.807) is 0 Å². The van der Waals surface area contributed by atoms with Gasteiger partial charge in [-0.3, -0.25) is 9.59 Å². The third kappa shape index (κ3) is 4.54. The van der Waals surface area contributed by atoms with E-state index in [0.29, 0.717) is 6.42 Å². The zero-order valence-electron chi connectivity index (χ0n) is 10.6. The largest absolute Gasteiger partial charge is 0.481 e. The number of carboxylic acids is 2. The molecule has 20 heavy (non-hydrogen) atoms. The molecule has 0 bridgehead atoms. The van der Waals surface area contributed by atoms with Crippen LogP contribution in [0.15, 0.2) is 5.18 Å². The minimum absolute atomic E-state index is 0.0427. The van der Waals surface area contributed by atoms with Crippen molar-refractivity contribution in [3.05, 3.63) is 4.91 Å². The number of nitrogens with two attached hydrogens (primary N) is 2. The number of nitroso groups, excluding NO2 is 1. The summed E-state index contributed by atoms with van der Waals surface area (Å²) in [6.07, 6.45) is -0.744. The van der Waals surface area contributed by atoms with Crippen LogP contribution in [0.25, 0.3) is 0 Å². The summed E-state index contributed by atoms with van der Waals surface area (Å²) in [6, 6.07) is 0. The van der Waals surface area contributed by atoms with Gasteiger partial charge < -0.3 is 21.7 Å². The number of carbonyl (C=O) groups excluding carboxylic acids is 1. The van der Waals surface area contributed by atoms with Gasteiger partial charge >= 0.3 is 11.9 Å². The average Bonchev–Trinajstić information content (AvgIpc) is 2.37. The second kappa shape index (κ2) is 7.92. The van der Waals surface area contributed by atoms with Gasteiger partial charge in [0.2, 0.25) is 0 Å². The molecule has 114 valence electrons. The minimum atomic E-state index is -2.63. The molecule has 2 unspecified atom stereocenters. The number of thiol groups is 1. The highest BCUT2D eigenvalue weighted by molar-refractivity contribution is 7.81. The molecule has 0 saturated heterocycles. The Morgan fingerprint density at radius 3 is 2.20 bits per heavy atom. The number of ketones is 1. The first kappa shape index (κ1) is 18.5. The van der Waals surface area contributed by atoms with E-state index in [0.717, 1.165) is 0 Å². The molecule has 0 rings (SSSR count). The van der Waals surface area contributed by atoms with Crippen LogP contribution in [-0.2, 0) is 14.4 Å². The van der Waals surface area contributed by atoms with Crippen LogP contribution in [0.4, 0.5) is 0 Å². The monoisotopic (exact) mass is 307 g/mol. The third-order valence-electron chi connectivity index (χ3n) is 2.78. The summed E-state index contributed by atoms with van der Waals surface area (Å²) in [4.78, 5) is 44.5. The summed E-state index contributed by atoms with van der Waals surface area (Å²) in [7, 11) is 0. The number of hydrogen-bond acceptors (Lipinski definition) is 8. The summed E-state index contributed by atoms with van der Waals surface area (Å²) >= 11 is 3.79. The first-order valence-corrected chi connectivity index (χ1v) is 6.21. The van der Waals surface area contributed by atoms with Crippen LogP contribution < -0.4 is 11.5 Å². The van der Waals surface area contributed by atoms with E-state index in [2.05, 4.69) is 17.8 Å². The summed E-state index contributed by atoms with van der Waals surface area (Å²) in [5.74, 6) is -5.63. The van der Waals surface area contributed by atoms with Crippen molar-refractivity contribution >= 4 is 30.4 Å². The second-order valence-corrected chi connectivity index (χ2v) is 4.80. The third-order valence-corrected chi connectivity index (χ3v) is 3.23. The lowest BCUT2D eigenvalue weighted by molar-refractivity contribution is -0.155. The van der Waals surface area contributed by atoms with E-state index < -0.39 is 41.0 Å². The lowest BCUT2D eigenvalue weighted by atomic mass is 9.81. The van der Waals surface area contributed by atoms with Crippen LogP contribution in [0.1, 0.15) is 19.3 Å². The van der Waals surface area contributed by atoms with Gasteiger partial charge in [-0.2, -0.15) is 0 Å². The van der Waals surface area contributed by atoms with E-state index >= 15 is 0 Å². The van der Waals surface area contributed by atoms with E-state index in [9.17, 15) is 19.3 Å². The molecule has 0 amide bonds. The van der Waals surface area contributed by atoms with Crippen LogP contribution >= 0.6 is 12.6 Å². The minimum Gasteiger partial charge on any atom is -0.481 e. The Balaban J connectivity index is 5.40. The molecule has 0 saturated carbocycles. The van der Waals surface area contributed by atoms with Gasteiger partial charge in [0.15, 0.2) is 11.3 Å². The highest BCUT2D eigenvalue weighted by Gasteiger charge is 2.48. The van der Waals surface area contributed by atoms with E-state index in [1.165, 1.54) is 0 Å². The van der Waals surface area contributed by atoms with Crippen molar-refractivity contribution < 1.29 is 24.6 Å². The maximum absolute atomic E-state index is 12.2. The molecule has 3 atom stereocenters. The fourth-order valence-electron chi connectivity index (χ4n) is 1.66. The van der Waals surface area contributed by atoms with Crippen LogP contribution in [-0.4, -0.2) is 45.4 Å². The lowest BCUT2D eigenvalue weighted by Gasteiger charge is -2.27. The zero-order valence-corrected chi connectivity index (χ0v) is 11.5. The zero-order chi connectivity index (χ0) is 15.9. The maximum atomic E-state index is 12.2. The molecule has 0 spiro atoms. The quantitative estimate of drug-likeness (QED) is 0.198. The lowest BCUT2D eigenvalue weighted by Crippen LogP contribution is -2.59. The average molecular weight is 307 g/mol. The molecule has 0 radical (unpaired) electrons. The first-order chi connectivity index (χ1) is 9.20. The van der Waals surface area contributed by atoms with Crippen molar-refractivity contribution in [3.8, 4) is 0 Å². The van der Waals surface area contributed by atoms with Gasteiger partial charge in [-0.1, -0.05) is 5.18 Å². The number of carbonyl (C=O) groups is 3. The molecule has 0 heterocycles. The number of carboxylic acid groups (broad SMARTS) is 2. The molecular formula is C10H17N3O6S. The highest BCUT2D eigenvalue weighted by atomic mass is 32.1. The van der Waals surface area contributed by atoms with Crippen molar-refractivity contribution in [3.63, 3.8) is 0 Å². The smallest absolute Gasteiger partial charge is 0.332 e. The number of hydrogen-bond donors (Lipinski definition) is 5. The Morgan fingerprint density at radius 2 is 1.85 bits per heavy atom. The van der Waals surface area contributed by atoms with Crippen LogP contribution in [0.5, 0.6) is 0 Å². The van der Waals surface area contributed by atoms with Crippen LogP contribution in [0.3, 0.4) is 0 Å². The van der Waals surface area contributed by atoms with Gasteiger partial charge in [-0.15, -0.1) is 17.5 Å². The summed E-state index contributed by atoms with van der Waals surface area (Å²) in [5, 5.41) is 19.0. The fourth-order valence-corrected chi connectivity index (χ4v) is 1.95. The predicted octanol–water partition coefficient (Wildman–Crippen LogP) is -0.810. The van der Waals surface area contributed by atoms with Crippen molar-refractivity contribution in [2.24, 2.45) is 22.6 Å². The molecule has 6 N–H and O–H groups in total. The SMILES string of the molecule is NCCCC(C(=O)[C@](N)(CC(=O)O)C(=O)O)C(S)N=O. The Hall–Kier alpha value is -1.52. The first-order valence-electron chi connectivity index (χ1n) is 5.69. The van der Waals surface area contributed by atoms with Crippen molar-refractivity contribution in [2.45, 2.75) is 30.2 Å². The molecule has 0 fully saturated rings. The van der Waals surface area contributed by atoms with Crippen LogP contribution in [0, 0.1) is 10.8 Å². The van der Waals surface area contributed by atoms with Gasteiger partial charge in [-0.05, 0) is 19.4 Å². The van der Waals surface area contributed by atoms with E-state index in [4.69, 9.17) is 21.7 Å². The van der Waals surface area contributed by atoms with Gasteiger partial charge in [0.1, 0.15) is 5.37 Å². The standard InChI is InChI=1S/C10H17N3O6S/c11-3-1-2-5(8(20)13-19)7(16)10(12,9(17)18)4-6(14)15/h5,8,20H,1-4,11-12H2,(H,14,15)(H,17,18)/t5?,8?,10-/m1/s1. The van der Waals surface area contributed by atoms with Crippen molar-refractivity contribution in [1.29, 1.82) is 0 Å². The van der Waals surface area contributed by atoms with Crippen molar-refractivity contribution in [2.75, 3.05) is 6.54 Å². The number of aliphatic carboxylic acids is 2. The fraction of sp³-hybridized carbons (Fsp3) is 0.700. The number of nitrogens with zero attached hydrogens (tertiary/aromatic N) is 1. The Bertz CT molecular complexity index is 404. The molecular weight excluding hydrogens is 290 g/mol. The maximum Gasteiger partial charge on any atom is 0.332 e. The summed E-state index contributed by atoms with van der Waals surface area (Å²) in [5.41, 5.74) is 8.06. The van der Waals surface area contributed by atoms with Gasteiger partial charge in [0.05, 0.1) is 12.3 Å². The van der Waals surface area contributed by atoms with Gasteiger partial charge in [0.25, 0.3) is 0 Å². The Morgan fingerprint density at radius 1 is 1.30 bits per heavy atom. The summed E-state index contributed by atoms with van der Waals surface area (Å²) in [6.45, 7) is 0.201. The highest BCUT2D eigenvalue weighted by Crippen LogP contribution is 2.25. The number of rotatable bonds is 10. The van der Waals surface area contributed by atoms with E-state index in [1.807, 2.05) is 0 Å². The molecule has 0 aromatic rings. The summed E-state index contributed by atoms with van der Waals surface area (Å²) < 4.78 is 0. The van der Waals surface area contributed by atoms with Gasteiger partial charge in [0, 0.05) is 0 Å². The molecule has 10 heteroatoms. The Kier molecular flexibility index (Phi) is 7.32. The molecule has 9 nitrogen and oxygen atoms in total. The molecule has 0 aliphatic heterocycles. The molecule has 0 aliphatic carbocycles. The topological polar surface area (TPSA) is 173 Å². The molecule has 0 aromatic carbocycles. The number of Topliss-reactive ketones (excluding diaryl/α,β-unsaturated/α-hetero) is 1. The second-order valence-electron chi connectivity index (χ2n) is 4.27. The van der Waals surface area contributed by atoms with Crippen LogP contribution in [0.2, 0.25) is 0 Å². The molecule has 0 aliphatic rings. The predicted molar refractivity (Wildman–Crippen MR) is 72.2 cm³/mol. The molecule has 0 aromatic heterocycles. The normalized spacial score (nSPS) is 16.8. The Labute approximate surface area is 120 Å². The van der Waals surface area contributed by atoms with Gasteiger partial charge in [-0.25, -0.2) is 4.79 Å².